The summed E-state index contributed by atoms with van der Waals surface area (Å²) in [4.78, 5) is 23.6. The van der Waals surface area contributed by atoms with Gasteiger partial charge in [-0.2, -0.15) is 0 Å². The van der Waals surface area contributed by atoms with Gasteiger partial charge in [0.05, 0.1) is 13.7 Å². The molecule has 0 radical (unpaired) electrons. The van der Waals surface area contributed by atoms with Crippen LogP contribution in [0.3, 0.4) is 0 Å². The molecule has 0 bridgehead atoms. The number of nitrogens with one attached hydrogen (secondary N) is 2. The number of carbonyl (C=O) groups excluding carboxylic acids is 2. The average Bonchev–Trinajstić information content (AvgIpc) is 2.67. The standard InChI is InChI=1S/C22H26N2O4/c1-5-13-28-20-11-9-17(14-21(20)27-4)10-12-22(26)24-19-8-6-7-18(15(19)2)23-16(3)25/h6-12,14H,5,13H2,1-4H3,(H,23,25)(H,24,26)/b12-10+. The summed E-state index contributed by atoms with van der Waals surface area (Å²) in [5.74, 6) is 0.867. The van der Waals surface area contributed by atoms with E-state index in [9.17, 15) is 9.59 Å². The second-order valence-electron chi connectivity index (χ2n) is 6.24. The first-order valence-electron chi connectivity index (χ1n) is 9.11. The molecule has 0 aromatic heterocycles. The normalized spacial score (nSPS) is 10.6. The van der Waals surface area contributed by atoms with Crippen molar-refractivity contribution in [3.63, 3.8) is 0 Å². The molecule has 0 aliphatic rings. The van der Waals surface area contributed by atoms with Crippen molar-refractivity contribution >= 4 is 29.3 Å². The number of ether oxygens (including phenoxy) is 2. The Balaban J connectivity index is 2.09. The predicted molar refractivity (Wildman–Crippen MR) is 112 cm³/mol. The minimum absolute atomic E-state index is 0.160. The molecule has 0 saturated heterocycles. The van der Waals surface area contributed by atoms with Gasteiger partial charge in [0.1, 0.15) is 0 Å². The molecule has 28 heavy (non-hydrogen) atoms. The summed E-state index contributed by atoms with van der Waals surface area (Å²) < 4.78 is 11.0. The maximum absolute atomic E-state index is 12.3. The van der Waals surface area contributed by atoms with Crippen LogP contribution in [-0.2, 0) is 9.59 Å². The van der Waals surface area contributed by atoms with E-state index in [4.69, 9.17) is 9.47 Å². The number of rotatable bonds is 8. The first-order valence-corrected chi connectivity index (χ1v) is 9.11. The minimum Gasteiger partial charge on any atom is -0.493 e. The van der Waals surface area contributed by atoms with Crippen LogP contribution in [0.5, 0.6) is 11.5 Å². The Bertz CT molecular complexity index is 875. The molecule has 6 heteroatoms. The number of benzene rings is 2. The van der Waals surface area contributed by atoms with Crippen molar-refractivity contribution in [1.29, 1.82) is 0 Å². The number of hydrogen-bond acceptors (Lipinski definition) is 4. The molecule has 0 atom stereocenters. The Hall–Kier alpha value is -3.28. The Morgan fingerprint density at radius 2 is 1.79 bits per heavy atom. The highest BCUT2D eigenvalue weighted by Gasteiger charge is 2.08. The maximum atomic E-state index is 12.3. The molecule has 0 saturated carbocycles. The summed E-state index contributed by atoms with van der Waals surface area (Å²) >= 11 is 0. The van der Waals surface area contributed by atoms with E-state index in [1.54, 1.807) is 31.4 Å². The lowest BCUT2D eigenvalue weighted by molar-refractivity contribution is -0.114. The van der Waals surface area contributed by atoms with Crippen molar-refractivity contribution in [1.82, 2.24) is 0 Å². The zero-order valence-corrected chi connectivity index (χ0v) is 16.7. The van der Waals surface area contributed by atoms with Gasteiger partial charge < -0.3 is 20.1 Å². The highest BCUT2D eigenvalue weighted by atomic mass is 16.5. The zero-order valence-electron chi connectivity index (χ0n) is 16.7. The van der Waals surface area contributed by atoms with E-state index in [1.807, 2.05) is 32.0 Å². The van der Waals surface area contributed by atoms with E-state index in [0.717, 1.165) is 17.5 Å². The van der Waals surface area contributed by atoms with Gasteiger partial charge in [0.2, 0.25) is 11.8 Å². The van der Waals surface area contributed by atoms with Crippen LogP contribution < -0.4 is 20.1 Å². The molecule has 2 N–H and O–H groups in total. The van der Waals surface area contributed by atoms with Gasteiger partial charge in [0, 0.05) is 24.4 Å². The Morgan fingerprint density at radius 1 is 1.07 bits per heavy atom. The van der Waals surface area contributed by atoms with Gasteiger partial charge in [-0.05, 0) is 54.8 Å². The average molecular weight is 382 g/mol. The first-order chi connectivity index (χ1) is 13.4. The summed E-state index contributed by atoms with van der Waals surface area (Å²) in [6, 6.07) is 10.9. The van der Waals surface area contributed by atoms with Crippen molar-refractivity contribution in [3.05, 3.63) is 53.6 Å². The molecular formula is C22H26N2O4. The highest BCUT2D eigenvalue weighted by molar-refractivity contribution is 6.03. The number of carbonyl (C=O) groups is 2. The summed E-state index contributed by atoms with van der Waals surface area (Å²) in [7, 11) is 1.58. The van der Waals surface area contributed by atoms with E-state index in [-0.39, 0.29) is 11.8 Å². The van der Waals surface area contributed by atoms with Crippen LogP contribution in [0, 0.1) is 6.92 Å². The van der Waals surface area contributed by atoms with E-state index in [0.29, 0.717) is 29.5 Å². The summed E-state index contributed by atoms with van der Waals surface area (Å²) in [5, 5.41) is 5.57. The molecule has 2 aromatic rings. The van der Waals surface area contributed by atoms with Crippen molar-refractivity contribution < 1.29 is 19.1 Å². The van der Waals surface area contributed by atoms with Gasteiger partial charge in [-0.15, -0.1) is 0 Å². The van der Waals surface area contributed by atoms with Crippen molar-refractivity contribution in [3.8, 4) is 11.5 Å². The molecule has 0 aliphatic heterocycles. The zero-order chi connectivity index (χ0) is 20.5. The molecule has 0 unspecified atom stereocenters. The van der Waals surface area contributed by atoms with Crippen LogP contribution in [0.15, 0.2) is 42.5 Å². The molecule has 0 spiro atoms. The molecule has 0 aliphatic carbocycles. The second kappa shape index (κ2) is 10.2. The summed E-state index contributed by atoms with van der Waals surface area (Å²) in [6.45, 7) is 5.94. The van der Waals surface area contributed by atoms with E-state index < -0.39 is 0 Å². The monoisotopic (exact) mass is 382 g/mol. The maximum Gasteiger partial charge on any atom is 0.248 e. The van der Waals surface area contributed by atoms with E-state index >= 15 is 0 Å². The quantitative estimate of drug-likeness (QED) is 0.664. The molecule has 0 heterocycles. The topological polar surface area (TPSA) is 76.7 Å². The van der Waals surface area contributed by atoms with Crippen molar-refractivity contribution in [2.24, 2.45) is 0 Å². The molecule has 2 amide bonds. The van der Waals surface area contributed by atoms with Crippen LogP contribution in [0.4, 0.5) is 11.4 Å². The van der Waals surface area contributed by atoms with Gasteiger partial charge in [0.15, 0.2) is 11.5 Å². The second-order valence-corrected chi connectivity index (χ2v) is 6.24. The molecule has 0 fully saturated rings. The van der Waals surface area contributed by atoms with Crippen LogP contribution in [0.25, 0.3) is 6.08 Å². The van der Waals surface area contributed by atoms with Crippen molar-refractivity contribution in [2.75, 3.05) is 24.4 Å². The van der Waals surface area contributed by atoms with Gasteiger partial charge in [-0.1, -0.05) is 19.1 Å². The Kier molecular flexibility index (Phi) is 7.63. The lowest BCUT2D eigenvalue weighted by atomic mass is 10.1. The van der Waals surface area contributed by atoms with E-state index in [2.05, 4.69) is 10.6 Å². The van der Waals surface area contributed by atoms with Gasteiger partial charge >= 0.3 is 0 Å². The van der Waals surface area contributed by atoms with Crippen LogP contribution >= 0.6 is 0 Å². The highest BCUT2D eigenvalue weighted by Crippen LogP contribution is 2.29. The third kappa shape index (κ3) is 5.87. The molecule has 6 nitrogen and oxygen atoms in total. The molecule has 2 aromatic carbocycles. The SMILES string of the molecule is CCCOc1ccc(/C=C/C(=O)Nc2cccc(NC(C)=O)c2C)cc1OC. The van der Waals surface area contributed by atoms with E-state index in [1.165, 1.54) is 13.0 Å². The van der Waals surface area contributed by atoms with Gasteiger partial charge in [-0.25, -0.2) is 0 Å². The number of methoxy groups -OCH3 is 1. The third-order valence-electron chi connectivity index (χ3n) is 3.98. The minimum atomic E-state index is -0.270. The molecule has 148 valence electrons. The van der Waals surface area contributed by atoms with Gasteiger partial charge in [0.25, 0.3) is 0 Å². The summed E-state index contributed by atoms with van der Waals surface area (Å²) in [6.07, 6.45) is 4.06. The third-order valence-corrected chi connectivity index (χ3v) is 3.98. The fourth-order valence-corrected chi connectivity index (χ4v) is 2.56. The largest absolute Gasteiger partial charge is 0.493 e. The molecule has 2 rings (SSSR count). The van der Waals surface area contributed by atoms with Crippen LogP contribution in [0.1, 0.15) is 31.4 Å². The Labute approximate surface area is 165 Å². The number of hydrogen-bond donors (Lipinski definition) is 2. The number of anilines is 2. The summed E-state index contributed by atoms with van der Waals surface area (Å²) in [5.41, 5.74) is 2.92. The fourth-order valence-electron chi connectivity index (χ4n) is 2.56. The predicted octanol–water partition coefficient (Wildman–Crippen LogP) is 4.40. The fraction of sp³-hybridized carbons (Fsp3) is 0.273. The first kappa shape index (κ1) is 21.0. The lowest BCUT2D eigenvalue weighted by Crippen LogP contribution is -2.12. The van der Waals surface area contributed by atoms with Crippen molar-refractivity contribution in [2.45, 2.75) is 27.2 Å². The smallest absolute Gasteiger partial charge is 0.248 e. The Morgan fingerprint density at radius 3 is 2.43 bits per heavy atom. The lowest BCUT2D eigenvalue weighted by Gasteiger charge is -2.12. The van der Waals surface area contributed by atoms with Crippen LogP contribution in [-0.4, -0.2) is 25.5 Å². The number of amides is 2. The van der Waals surface area contributed by atoms with Gasteiger partial charge in [-0.3, -0.25) is 9.59 Å². The van der Waals surface area contributed by atoms with Crippen LogP contribution in [0.2, 0.25) is 0 Å². The molecular weight excluding hydrogens is 356 g/mol.